The molecule has 3 heteroatoms. The molecule has 1 aliphatic heterocycles. The molecule has 1 aliphatic carbocycles. The van der Waals surface area contributed by atoms with Gasteiger partial charge < -0.3 is 11.1 Å². The first kappa shape index (κ1) is 10.8. The van der Waals surface area contributed by atoms with Gasteiger partial charge in [0.15, 0.2) is 0 Å². The van der Waals surface area contributed by atoms with E-state index in [0.29, 0.717) is 0 Å². The lowest BCUT2D eigenvalue weighted by Gasteiger charge is -2.28. The van der Waals surface area contributed by atoms with Gasteiger partial charge in [0.25, 0.3) is 0 Å². The Kier molecular flexibility index (Phi) is 3.40. The minimum atomic E-state index is 0.263. The Labute approximate surface area is 91.4 Å². The number of thioether (sulfide) groups is 1. The van der Waals surface area contributed by atoms with Crippen LogP contribution in [0, 0.1) is 5.92 Å². The Balaban J connectivity index is 1.73. The Morgan fingerprint density at radius 3 is 2.79 bits per heavy atom. The minimum absolute atomic E-state index is 0.263. The van der Waals surface area contributed by atoms with Crippen molar-refractivity contribution in [1.82, 2.24) is 5.32 Å². The van der Waals surface area contributed by atoms with Crippen LogP contribution in [0.5, 0.6) is 0 Å². The van der Waals surface area contributed by atoms with Gasteiger partial charge in [-0.3, -0.25) is 0 Å². The van der Waals surface area contributed by atoms with Gasteiger partial charge in [0, 0.05) is 23.1 Å². The van der Waals surface area contributed by atoms with Gasteiger partial charge in [-0.1, -0.05) is 19.8 Å². The summed E-state index contributed by atoms with van der Waals surface area (Å²) in [4.78, 5) is 0. The zero-order valence-corrected chi connectivity index (χ0v) is 9.91. The molecule has 82 valence electrons. The molecule has 0 amide bonds. The van der Waals surface area contributed by atoms with Crippen LogP contribution in [0.3, 0.4) is 0 Å². The van der Waals surface area contributed by atoms with E-state index >= 15 is 0 Å². The highest BCUT2D eigenvalue weighted by Gasteiger charge is 2.36. The number of nitrogens with two attached hydrogens (primary N) is 1. The van der Waals surface area contributed by atoms with E-state index in [-0.39, 0.29) is 5.54 Å². The highest BCUT2D eigenvalue weighted by atomic mass is 32.2. The quantitative estimate of drug-likeness (QED) is 0.730. The number of nitrogens with one attached hydrogen (secondary N) is 1. The first-order valence-corrected chi connectivity index (χ1v) is 6.86. The van der Waals surface area contributed by atoms with Gasteiger partial charge in [-0.15, -0.1) is 0 Å². The van der Waals surface area contributed by atoms with E-state index in [4.69, 9.17) is 5.73 Å². The first-order valence-electron chi connectivity index (χ1n) is 5.81. The molecule has 1 heterocycles. The maximum Gasteiger partial charge on any atom is 0.0405 e. The molecular formula is C11H22N2S. The summed E-state index contributed by atoms with van der Waals surface area (Å²) in [5, 5.41) is 4.48. The van der Waals surface area contributed by atoms with Crippen molar-refractivity contribution in [1.29, 1.82) is 0 Å². The molecule has 2 aliphatic rings. The molecule has 2 atom stereocenters. The van der Waals surface area contributed by atoms with Gasteiger partial charge in [-0.05, 0) is 25.3 Å². The molecule has 0 aromatic carbocycles. The van der Waals surface area contributed by atoms with Crippen LogP contribution in [0.25, 0.3) is 0 Å². The normalized spacial score (nSPS) is 37.7. The van der Waals surface area contributed by atoms with Crippen molar-refractivity contribution in [3.63, 3.8) is 0 Å². The third-order valence-corrected chi connectivity index (χ3v) is 4.92. The zero-order valence-electron chi connectivity index (χ0n) is 9.09. The topological polar surface area (TPSA) is 38.0 Å². The highest BCUT2D eigenvalue weighted by Crippen LogP contribution is 2.35. The molecule has 2 rings (SSSR count). The molecule has 1 saturated heterocycles. The van der Waals surface area contributed by atoms with Crippen molar-refractivity contribution < 1.29 is 0 Å². The summed E-state index contributed by atoms with van der Waals surface area (Å²) in [5.74, 6) is 2.24. The summed E-state index contributed by atoms with van der Waals surface area (Å²) in [5.41, 5.74) is 6.15. The summed E-state index contributed by atoms with van der Waals surface area (Å²) >= 11 is 2.06. The monoisotopic (exact) mass is 214 g/mol. The Bertz CT molecular complexity index is 194. The largest absolute Gasteiger partial charge is 0.329 e. The van der Waals surface area contributed by atoms with Crippen LogP contribution in [0.2, 0.25) is 0 Å². The van der Waals surface area contributed by atoms with E-state index in [2.05, 4.69) is 24.0 Å². The molecule has 0 spiro atoms. The number of hydrogen-bond donors (Lipinski definition) is 2. The van der Waals surface area contributed by atoms with E-state index in [1.54, 1.807) is 0 Å². The smallest absolute Gasteiger partial charge is 0.0405 e. The third-order valence-electron chi connectivity index (χ3n) is 3.46. The molecule has 3 N–H and O–H groups in total. The predicted octanol–water partition coefficient (Wildman–Crippen LogP) is 1.60. The average Bonchev–Trinajstić information content (AvgIpc) is 2.91. The van der Waals surface area contributed by atoms with Crippen LogP contribution in [0.15, 0.2) is 0 Å². The van der Waals surface area contributed by atoms with Crippen LogP contribution in [0.4, 0.5) is 0 Å². The Hall–Kier alpha value is 0.270. The standard InChI is InChI=1S/C11H22N2S/c1-9-6-11(7-12,8-14-9)13-5-4-10-2-3-10/h9-10,13H,2-8,12H2,1H3. The second-order valence-electron chi connectivity index (χ2n) is 4.97. The molecule has 2 nitrogen and oxygen atoms in total. The molecule has 0 radical (unpaired) electrons. The predicted molar refractivity (Wildman–Crippen MR) is 63.7 cm³/mol. The van der Waals surface area contributed by atoms with E-state index < -0.39 is 0 Å². The first-order chi connectivity index (χ1) is 6.74. The summed E-state index contributed by atoms with van der Waals surface area (Å²) < 4.78 is 0. The van der Waals surface area contributed by atoms with Gasteiger partial charge in [0.05, 0.1) is 0 Å². The molecule has 0 aromatic rings. The SMILES string of the molecule is CC1CC(CN)(NCCC2CC2)CS1. The van der Waals surface area contributed by atoms with E-state index in [0.717, 1.165) is 17.7 Å². The fourth-order valence-electron chi connectivity index (χ4n) is 2.26. The van der Waals surface area contributed by atoms with Crippen molar-refractivity contribution >= 4 is 11.8 Å². The molecule has 1 saturated carbocycles. The molecule has 0 aromatic heterocycles. The van der Waals surface area contributed by atoms with Crippen LogP contribution in [-0.4, -0.2) is 29.6 Å². The summed E-state index contributed by atoms with van der Waals surface area (Å²) in [6, 6.07) is 0. The summed E-state index contributed by atoms with van der Waals surface area (Å²) in [6.07, 6.45) is 5.53. The van der Waals surface area contributed by atoms with Gasteiger partial charge in [0.1, 0.15) is 0 Å². The fourth-order valence-corrected chi connectivity index (χ4v) is 3.63. The van der Waals surface area contributed by atoms with Gasteiger partial charge >= 0.3 is 0 Å². The van der Waals surface area contributed by atoms with Crippen molar-refractivity contribution in [2.75, 3.05) is 18.8 Å². The molecule has 2 fully saturated rings. The minimum Gasteiger partial charge on any atom is -0.329 e. The second kappa shape index (κ2) is 4.42. The van der Waals surface area contributed by atoms with E-state index in [1.165, 1.54) is 38.0 Å². The van der Waals surface area contributed by atoms with Crippen molar-refractivity contribution in [3.05, 3.63) is 0 Å². The van der Waals surface area contributed by atoms with Gasteiger partial charge in [0.2, 0.25) is 0 Å². The lowest BCUT2D eigenvalue weighted by atomic mass is 9.96. The molecule has 0 bridgehead atoms. The molecule has 14 heavy (non-hydrogen) atoms. The van der Waals surface area contributed by atoms with Crippen LogP contribution < -0.4 is 11.1 Å². The van der Waals surface area contributed by atoms with Gasteiger partial charge in [-0.2, -0.15) is 11.8 Å². The summed E-state index contributed by atoms with van der Waals surface area (Å²) in [6.45, 7) is 4.29. The van der Waals surface area contributed by atoms with Crippen LogP contribution in [0.1, 0.15) is 32.6 Å². The lowest BCUT2D eigenvalue weighted by molar-refractivity contribution is 0.356. The van der Waals surface area contributed by atoms with Crippen molar-refractivity contribution in [2.24, 2.45) is 11.7 Å². The Morgan fingerprint density at radius 2 is 2.29 bits per heavy atom. The second-order valence-corrected chi connectivity index (χ2v) is 6.40. The van der Waals surface area contributed by atoms with Gasteiger partial charge in [-0.25, -0.2) is 0 Å². The third kappa shape index (κ3) is 2.65. The number of hydrogen-bond acceptors (Lipinski definition) is 3. The van der Waals surface area contributed by atoms with Crippen molar-refractivity contribution in [3.8, 4) is 0 Å². The molecule has 2 unspecified atom stereocenters. The van der Waals surface area contributed by atoms with E-state index in [9.17, 15) is 0 Å². The van der Waals surface area contributed by atoms with Crippen LogP contribution in [-0.2, 0) is 0 Å². The van der Waals surface area contributed by atoms with Crippen molar-refractivity contribution in [2.45, 2.75) is 43.4 Å². The van der Waals surface area contributed by atoms with E-state index in [1.807, 2.05) is 0 Å². The zero-order chi connectivity index (χ0) is 10.0. The fraction of sp³-hybridized carbons (Fsp3) is 1.00. The molecular weight excluding hydrogens is 192 g/mol. The highest BCUT2D eigenvalue weighted by molar-refractivity contribution is 8.00. The average molecular weight is 214 g/mol. The van der Waals surface area contributed by atoms with Crippen LogP contribution >= 0.6 is 11.8 Å². The maximum absolute atomic E-state index is 5.89. The summed E-state index contributed by atoms with van der Waals surface area (Å²) in [7, 11) is 0. The Morgan fingerprint density at radius 1 is 1.50 bits per heavy atom. The maximum atomic E-state index is 5.89. The lowest BCUT2D eigenvalue weighted by Crippen LogP contribution is -2.52. The number of rotatable bonds is 5.